The summed E-state index contributed by atoms with van der Waals surface area (Å²) >= 11 is 0. The summed E-state index contributed by atoms with van der Waals surface area (Å²) in [6.45, 7) is 4.01. The summed E-state index contributed by atoms with van der Waals surface area (Å²) < 4.78 is 24.1. The largest absolute Gasteiger partial charge is 0.494 e. The van der Waals surface area contributed by atoms with Crippen LogP contribution in [0.1, 0.15) is 24.3 Å². The SMILES string of the molecule is CCOc1ccc(OC(C)C(=O)NNC(=O)c2cc3cc(F)ccc3[nH]2)cc1. The summed E-state index contributed by atoms with van der Waals surface area (Å²) in [5, 5.41) is 0.559. The first-order chi connectivity index (χ1) is 13.5. The van der Waals surface area contributed by atoms with Crippen LogP contribution in [-0.2, 0) is 4.79 Å². The minimum atomic E-state index is -0.838. The van der Waals surface area contributed by atoms with E-state index in [0.29, 0.717) is 29.0 Å². The topological polar surface area (TPSA) is 92.4 Å². The van der Waals surface area contributed by atoms with Gasteiger partial charge in [-0.2, -0.15) is 0 Å². The lowest BCUT2D eigenvalue weighted by Gasteiger charge is -2.15. The van der Waals surface area contributed by atoms with Crippen LogP contribution >= 0.6 is 0 Å². The molecule has 1 unspecified atom stereocenters. The molecule has 0 saturated heterocycles. The average Bonchev–Trinajstić information content (AvgIpc) is 3.10. The Morgan fingerprint density at radius 2 is 1.79 bits per heavy atom. The quantitative estimate of drug-likeness (QED) is 0.569. The summed E-state index contributed by atoms with van der Waals surface area (Å²) in [7, 11) is 0. The third kappa shape index (κ3) is 4.59. The molecule has 7 nitrogen and oxygen atoms in total. The molecule has 1 aromatic heterocycles. The summed E-state index contributed by atoms with van der Waals surface area (Å²) in [6, 6.07) is 12.5. The van der Waals surface area contributed by atoms with Crippen molar-refractivity contribution in [3.8, 4) is 11.5 Å². The number of nitrogens with one attached hydrogen (secondary N) is 3. The summed E-state index contributed by atoms with van der Waals surface area (Å²) in [4.78, 5) is 27.2. The van der Waals surface area contributed by atoms with E-state index < -0.39 is 23.7 Å². The van der Waals surface area contributed by atoms with Crippen molar-refractivity contribution in [2.45, 2.75) is 20.0 Å². The fourth-order valence-electron chi connectivity index (χ4n) is 2.55. The zero-order chi connectivity index (χ0) is 20.1. The molecule has 3 rings (SSSR count). The molecular formula is C20H20FN3O4. The van der Waals surface area contributed by atoms with Crippen LogP contribution in [0.4, 0.5) is 4.39 Å². The summed E-state index contributed by atoms with van der Waals surface area (Å²) in [5.41, 5.74) is 5.42. The van der Waals surface area contributed by atoms with Crippen LogP contribution in [0.25, 0.3) is 10.9 Å². The Bertz CT molecular complexity index is 985. The van der Waals surface area contributed by atoms with Gasteiger partial charge >= 0.3 is 0 Å². The van der Waals surface area contributed by atoms with Crippen molar-refractivity contribution in [1.82, 2.24) is 15.8 Å². The highest BCUT2D eigenvalue weighted by atomic mass is 19.1. The molecule has 2 aromatic carbocycles. The van der Waals surface area contributed by atoms with Gasteiger partial charge in [0, 0.05) is 10.9 Å². The molecule has 0 saturated carbocycles. The Morgan fingerprint density at radius 1 is 1.07 bits per heavy atom. The van der Waals surface area contributed by atoms with Crippen LogP contribution in [0.15, 0.2) is 48.5 Å². The van der Waals surface area contributed by atoms with E-state index in [9.17, 15) is 14.0 Å². The van der Waals surface area contributed by atoms with Crippen molar-refractivity contribution in [2.24, 2.45) is 0 Å². The first kappa shape index (κ1) is 19.2. The third-order valence-corrected chi connectivity index (χ3v) is 3.94. The van der Waals surface area contributed by atoms with E-state index >= 15 is 0 Å². The van der Waals surface area contributed by atoms with Gasteiger partial charge in [-0.05, 0) is 62.4 Å². The molecule has 146 valence electrons. The number of amides is 2. The molecule has 1 heterocycles. The van der Waals surface area contributed by atoms with Crippen molar-refractivity contribution in [3.05, 3.63) is 60.0 Å². The number of hydrogen-bond donors (Lipinski definition) is 3. The van der Waals surface area contributed by atoms with E-state index in [1.165, 1.54) is 24.3 Å². The van der Waals surface area contributed by atoms with Gasteiger partial charge in [0.15, 0.2) is 6.10 Å². The highest BCUT2D eigenvalue weighted by Crippen LogP contribution is 2.19. The van der Waals surface area contributed by atoms with Crippen LogP contribution in [0.3, 0.4) is 0 Å². The van der Waals surface area contributed by atoms with Gasteiger partial charge in [0.1, 0.15) is 23.0 Å². The molecular weight excluding hydrogens is 365 g/mol. The van der Waals surface area contributed by atoms with Crippen molar-refractivity contribution in [3.63, 3.8) is 0 Å². The van der Waals surface area contributed by atoms with E-state index in [1.807, 2.05) is 6.92 Å². The van der Waals surface area contributed by atoms with Gasteiger partial charge in [-0.1, -0.05) is 0 Å². The molecule has 0 radical (unpaired) electrons. The zero-order valence-electron chi connectivity index (χ0n) is 15.4. The number of hydrazine groups is 1. The van der Waals surface area contributed by atoms with Crippen LogP contribution in [-0.4, -0.2) is 29.5 Å². The fourth-order valence-corrected chi connectivity index (χ4v) is 2.55. The van der Waals surface area contributed by atoms with Gasteiger partial charge in [0.25, 0.3) is 11.8 Å². The van der Waals surface area contributed by atoms with Crippen LogP contribution < -0.4 is 20.3 Å². The Kier molecular flexibility index (Phi) is 5.78. The van der Waals surface area contributed by atoms with E-state index in [-0.39, 0.29) is 5.69 Å². The number of ether oxygens (including phenoxy) is 2. The maximum Gasteiger partial charge on any atom is 0.286 e. The number of aromatic nitrogens is 1. The number of carbonyl (C=O) groups excluding carboxylic acids is 2. The molecule has 8 heteroatoms. The van der Waals surface area contributed by atoms with Gasteiger partial charge in [0.05, 0.1) is 6.61 Å². The first-order valence-corrected chi connectivity index (χ1v) is 8.74. The molecule has 0 aliphatic carbocycles. The van der Waals surface area contributed by atoms with E-state index in [2.05, 4.69) is 15.8 Å². The van der Waals surface area contributed by atoms with E-state index in [1.54, 1.807) is 31.2 Å². The minimum absolute atomic E-state index is 0.195. The molecule has 28 heavy (non-hydrogen) atoms. The number of aromatic amines is 1. The predicted molar refractivity (Wildman–Crippen MR) is 102 cm³/mol. The normalized spacial score (nSPS) is 11.7. The highest BCUT2D eigenvalue weighted by Gasteiger charge is 2.17. The van der Waals surface area contributed by atoms with E-state index in [4.69, 9.17) is 9.47 Å². The summed E-state index contributed by atoms with van der Waals surface area (Å²) in [5.74, 6) is -0.276. The van der Waals surface area contributed by atoms with Gasteiger partial charge in [-0.15, -0.1) is 0 Å². The second-order valence-electron chi connectivity index (χ2n) is 6.02. The van der Waals surface area contributed by atoms with Crippen molar-refractivity contribution < 1.29 is 23.5 Å². The lowest BCUT2D eigenvalue weighted by Crippen LogP contribution is -2.47. The maximum absolute atomic E-state index is 13.2. The number of hydrogen-bond acceptors (Lipinski definition) is 4. The first-order valence-electron chi connectivity index (χ1n) is 8.74. The lowest BCUT2D eigenvalue weighted by molar-refractivity contribution is -0.128. The van der Waals surface area contributed by atoms with Gasteiger partial charge < -0.3 is 14.5 Å². The molecule has 0 bridgehead atoms. The van der Waals surface area contributed by atoms with E-state index in [0.717, 1.165) is 0 Å². The molecule has 3 N–H and O–H groups in total. The van der Waals surface area contributed by atoms with Crippen molar-refractivity contribution in [2.75, 3.05) is 6.61 Å². The van der Waals surface area contributed by atoms with Crippen molar-refractivity contribution in [1.29, 1.82) is 0 Å². The second kappa shape index (κ2) is 8.43. The minimum Gasteiger partial charge on any atom is -0.494 e. The number of rotatable bonds is 6. The van der Waals surface area contributed by atoms with Gasteiger partial charge in [0.2, 0.25) is 0 Å². The molecule has 1 atom stereocenters. The Balaban J connectivity index is 1.53. The lowest BCUT2D eigenvalue weighted by atomic mass is 10.2. The fraction of sp³-hybridized carbons (Fsp3) is 0.200. The van der Waals surface area contributed by atoms with Gasteiger partial charge in [-0.3, -0.25) is 20.4 Å². The Morgan fingerprint density at radius 3 is 2.50 bits per heavy atom. The average molecular weight is 385 g/mol. The number of benzene rings is 2. The Labute approximate surface area is 160 Å². The van der Waals surface area contributed by atoms with Crippen molar-refractivity contribution >= 4 is 22.7 Å². The molecule has 3 aromatic rings. The number of carbonyl (C=O) groups is 2. The molecule has 0 aliphatic heterocycles. The van der Waals surface area contributed by atoms with Crippen LogP contribution in [0.5, 0.6) is 11.5 Å². The number of H-pyrrole nitrogens is 1. The second-order valence-corrected chi connectivity index (χ2v) is 6.02. The smallest absolute Gasteiger partial charge is 0.286 e. The highest BCUT2D eigenvalue weighted by molar-refractivity contribution is 5.98. The third-order valence-electron chi connectivity index (χ3n) is 3.94. The summed E-state index contributed by atoms with van der Waals surface area (Å²) in [6.07, 6.45) is -0.838. The number of fused-ring (bicyclic) bond motifs is 1. The molecule has 0 spiro atoms. The number of halogens is 1. The molecule has 0 aliphatic rings. The standard InChI is InChI=1S/C20H20FN3O4/c1-3-27-15-5-7-16(8-6-15)28-12(2)19(25)23-24-20(26)18-11-13-10-14(21)4-9-17(13)22-18/h4-12,22H,3H2,1-2H3,(H,23,25)(H,24,26). The maximum atomic E-state index is 13.2. The van der Waals surface area contributed by atoms with Gasteiger partial charge in [-0.25, -0.2) is 4.39 Å². The Hall–Kier alpha value is -3.55. The van der Waals surface area contributed by atoms with Crippen LogP contribution in [0.2, 0.25) is 0 Å². The molecule has 2 amide bonds. The monoisotopic (exact) mass is 385 g/mol. The predicted octanol–water partition coefficient (Wildman–Crippen LogP) is 2.93. The van der Waals surface area contributed by atoms with Crippen LogP contribution in [0, 0.1) is 5.82 Å². The molecule has 0 fully saturated rings. The zero-order valence-corrected chi connectivity index (χ0v) is 15.4.